The van der Waals surface area contributed by atoms with Crippen LogP contribution in [0, 0.1) is 22.7 Å². The lowest BCUT2D eigenvalue weighted by molar-refractivity contribution is 0.567. The molecule has 0 aliphatic carbocycles. The first-order valence-corrected chi connectivity index (χ1v) is 37.7. The largest absolute Gasteiger partial charge is 0.309 e. The number of nitriles is 2. The van der Waals surface area contributed by atoms with E-state index < -0.39 is 0 Å². The minimum Gasteiger partial charge on any atom is -0.309 e. The van der Waals surface area contributed by atoms with Gasteiger partial charge in [0.05, 0.1) is 62.1 Å². The van der Waals surface area contributed by atoms with Crippen LogP contribution >= 0.6 is 0 Å². The molecule has 9 aromatic carbocycles. The monoisotopic (exact) mass is 1530 g/mol. The number of rotatable bonds is 4. The average Bonchev–Trinajstić information content (AvgIpc) is 1.60. The number of hydrogen-bond donors (Lipinski definition) is 0. The van der Waals surface area contributed by atoms with E-state index in [1.54, 1.807) is 24.4 Å². The van der Waals surface area contributed by atoms with Crippen molar-refractivity contribution in [3.8, 4) is 40.6 Å². The molecule has 115 heavy (non-hydrogen) atoms. The van der Waals surface area contributed by atoms with Gasteiger partial charge >= 0.3 is 0 Å². The topological polar surface area (TPSA) is 114 Å². The maximum atomic E-state index is 8.94. The van der Waals surface area contributed by atoms with E-state index in [-0.39, 0.29) is 77.0 Å². The first-order valence-electron chi connectivity index (χ1n) is 37.7. The fraction of sp³-hybridized carbons (Fsp3) is 0.283. The molecule has 0 N–H and O–H groups in total. The highest BCUT2D eigenvalue weighted by Crippen LogP contribution is 2.39. The maximum absolute atomic E-state index is 8.94. The van der Waals surface area contributed by atoms with Crippen molar-refractivity contribution in [2.24, 2.45) is 0 Å². The molecule has 0 saturated heterocycles. The lowest BCUT2D eigenvalue weighted by Gasteiger charge is -2.23. The van der Waals surface area contributed by atoms with Crippen molar-refractivity contribution in [2.45, 2.75) is 202 Å². The Morgan fingerprint density at radius 2 is 0.626 bits per heavy atom. The molecule has 0 unspecified atom stereocenters. The zero-order valence-electron chi connectivity index (χ0n) is 66.8. The summed E-state index contributed by atoms with van der Waals surface area (Å²) in [5, 5.41) is 25.6. The van der Waals surface area contributed by atoms with Gasteiger partial charge in [-0.2, -0.15) is 10.5 Å². The number of benzene rings is 9. The first-order chi connectivity index (χ1) is 51.8. The summed E-state index contributed by atoms with van der Waals surface area (Å²) in [4.78, 5) is 18.0. The van der Waals surface area contributed by atoms with Crippen molar-refractivity contribution in [1.82, 2.24) is 33.6 Å². The Labute approximate surface area is 690 Å². The minimum absolute atomic E-state index is 0. The highest BCUT2D eigenvalue weighted by atomic mass is 15.1. The molecule has 16 rings (SSSR count). The molecule has 0 radical (unpaired) electrons. The normalized spacial score (nSPS) is 11.1. The lowest BCUT2D eigenvalue weighted by Crippen LogP contribution is -2.15. The van der Waals surface area contributed by atoms with Crippen LogP contribution in [0.3, 0.4) is 0 Å². The Morgan fingerprint density at radius 3 is 0.957 bits per heavy atom. The summed E-state index contributed by atoms with van der Waals surface area (Å²) >= 11 is 0. The Hall–Kier alpha value is -12.0. The second-order valence-electron chi connectivity index (χ2n) is 33.9. The summed E-state index contributed by atoms with van der Waals surface area (Å²) in [7, 11) is 0. The quantitative estimate of drug-likeness (QED) is 0.173. The fourth-order valence-electron chi connectivity index (χ4n) is 13.6. The highest BCUT2D eigenvalue weighted by Gasteiger charge is 2.25. The third-order valence-electron chi connectivity index (χ3n) is 19.4. The van der Waals surface area contributed by atoms with Gasteiger partial charge in [0.25, 0.3) is 0 Å². The van der Waals surface area contributed by atoms with Crippen LogP contribution in [0.5, 0.6) is 0 Å². The fourth-order valence-corrected chi connectivity index (χ4v) is 13.6. The number of fused-ring (bicyclic) bond motifs is 9. The summed E-state index contributed by atoms with van der Waals surface area (Å²) in [5.41, 5.74) is 20.4. The van der Waals surface area contributed by atoms with Gasteiger partial charge in [-0.05, 0) is 142 Å². The van der Waals surface area contributed by atoms with Crippen LogP contribution in [0.1, 0.15) is 214 Å². The standard InChI is InChI=1S/C34H28N2.C21H20N2.C15H17N.C12H12N2.2C9H13N.6CH4/c1-34(2,3)23-20-24(35-30-16-8-4-12-26(30)27-13-5-9-17-31(27)35)22-25(21-23)36-32-18-10-6-14-28(32)29-15-7-11-19-33(29)36;1-21(2,3)19-13-8-14-20(22-19)23-17-11-6-4-9-15(17)16-10-5-7-12-18(16)23;1-15(2,3)14-11-7-10-13(16-14)12-8-5-4-6-9-12;1-12(2,3)11-9(7-13)5-4-6-10(11)8-14;1-9(2,3)8-5-4-6-10-7-8;1-9(2,3)8-6-4-5-7-10-8;;;;;;/h4-22H,1-3H3;4-14H,1-3H3;4-11H,1-3H3;4-6H,1-3H3;2*4-7H,1-3H3;6*1H4. The summed E-state index contributed by atoms with van der Waals surface area (Å²) < 4.78 is 7.12. The predicted octanol–water partition coefficient (Wildman–Crippen LogP) is 30.0. The third kappa shape index (κ3) is 21.8. The molecule has 7 heterocycles. The Kier molecular flexibility index (Phi) is 31.8. The van der Waals surface area contributed by atoms with Crippen LogP contribution in [-0.2, 0) is 32.5 Å². The number of hydrogen-bond acceptors (Lipinski definition) is 6. The van der Waals surface area contributed by atoms with Gasteiger partial charge in [0.1, 0.15) is 5.82 Å². The first kappa shape index (κ1) is 93.6. The molecule has 0 aliphatic heterocycles. The van der Waals surface area contributed by atoms with Crippen LogP contribution in [0.25, 0.3) is 93.9 Å². The van der Waals surface area contributed by atoms with E-state index in [2.05, 4.69) is 364 Å². The molecule has 0 atom stereocenters. The van der Waals surface area contributed by atoms with E-state index in [0.29, 0.717) is 11.1 Å². The smallest absolute Gasteiger partial charge is 0.137 e. The van der Waals surface area contributed by atoms with E-state index in [0.717, 1.165) is 34.2 Å². The number of aromatic nitrogens is 7. The SMILES string of the molecule is C.C.C.C.C.C.CC(C)(C)c1c(C#N)cccc1C#N.CC(C)(C)c1cc(-n2c3ccccc3c3ccccc32)cc(-n2c3ccccc3c3ccccc32)c1.CC(C)(C)c1cccc(-c2ccccc2)n1.CC(C)(C)c1cccc(-n2c3ccccc3c3ccccc32)n1.CC(C)(C)c1ccccn1.CC(C)(C)c1cccnc1. The molecule has 0 aliphatic rings. The summed E-state index contributed by atoms with van der Waals surface area (Å²) in [6.45, 7) is 39.1. The molecular weight excluding hydrogens is 1400 g/mol. The molecule has 0 fully saturated rings. The molecule has 0 bridgehead atoms. The zero-order valence-corrected chi connectivity index (χ0v) is 66.8. The van der Waals surface area contributed by atoms with Gasteiger partial charge in [0, 0.05) is 101 Å². The van der Waals surface area contributed by atoms with Crippen LogP contribution < -0.4 is 0 Å². The van der Waals surface area contributed by atoms with Crippen molar-refractivity contribution < 1.29 is 0 Å². The van der Waals surface area contributed by atoms with Crippen molar-refractivity contribution in [1.29, 1.82) is 10.5 Å². The Morgan fingerprint density at radius 1 is 0.278 bits per heavy atom. The van der Waals surface area contributed by atoms with Crippen LogP contribution in [-0.4, -0.2) is 33.6 Å². The average molecular weight is 1530 g/mol. The molecule has 0 saturated carbocycles. The molecule has 596 valence electrons. The van der Waals surface area contributed by atoms with Gasteiger partial charge in [0.15, 0.2) is 0 Å². The number of nitrogens with zero attached hydrogens (tertiary/aromatic N) is 9. The summed E-state index contributed by atoms with van der Waals surface area (Å²) in [5.74, 6) is 0.981. The van der Waals surface area contributed by atoms with E-state index >= 15 is 0 Å². The van der Waals surface area contributed by atoms with Crippen molar-refractivity contribution in [3.05, 3.63) is 343 Å². The molecule has 7 aromatic heterocycles. The van der Waals surface area contributed by atoms with Gasteiger partial charge in [-0.3, -0.25) is 19.5 Å². The lowest BCUT2D eigenvalue weighted by atomic mass is 9.81. The van der Waals surface area contributed by atoms with E-state index in [4.69, 9.17) is 20.5 Å². The molecule has 0 spiro atoms. The molecule has 0 amide bonds. The third-order valence-corrected chi connectivity index (χ3v) is 19.4. The van der Waals surface area contributed by atoms with E-state index in [9.17, 15) is 0 Å². The van der Waals surface area contributed by atoms with E-state index in [1.165, 1.54) is 93.5 Å². The molecule has 9 nitrogen and oxygen atoms in total. The van der Waals surface area contributed by atoms with Crippen LogP contribution in [0.15, 0.2) is 298 Å². The molecule has 16 aromatic rings. The van der Waals surface area contributed by atoms with E-state index in [1.807, 2.05) is 69.6 Å². The van der Waals surface area contributed by atoms with Gasteiger partial charge < -0.3 is 9.13 Å². The number of pyridine rings is 4. The maximum Gasteiger partial charge on any atom is 0.137 e. The zero-order chi connectivity index (χ0) is 78.1. The summed E-state index contributed by atoms with van der Waals surface area (Å²) in [6, 6.07) is 102. The number of para-hydroxylation sites is 6. The Bertz CT molecular complexity index is 5510. The summed E-state index contributed by atoms with van der Waals surface area (Å²) in [6.07, 6.45) is 5.55. The van der Waals surface area contributed by atoms with Gasteiger partial charge in [-0.25, -0.2) is 4.98 Å². The predicted molar refractivity (Wildman–Crippen MR) is 500 cm³/mol. The van der Waals surface area contributed by atoms with Crippen molar-refractivity contribution in [2.75, 3.05) is 0 Å². The molecular formula is C106H127N9. The molecule has 9 heteroatoms. The highest BCUT2D eigenvalue weighted by molar-refractivity contribution is 6.11. The second-order valence-corrected chi connectivity index (χ2v) is 33.9. The van der Waals surface area contributed by atoms with Crippen molar-refractivity contribution in [3.63, 3.8) is 0 Å². The van der Waals surface area contributed by atoms with Gasteiger partial charge in [-0.15, -0.1) is 0 Å². The second kappa shape index (κ2) is 39.1. The Balaban J connectivity index is 0.000000261. The van der Waals surface area contributed by atoms with Crippen molar-refractivity contribution >= 4 is 65.4 Å². The van der Waals surface area contributed by atoms with Gasteiger partial charge in [-0.1, -0.05) is 339 Å². The van der Waals surface area contributed by atoms with Gasteiger partial charge in [0.2, 0.25) is 0 Å². The van der Waals surface area contributed by atoms with Crippen LogP contribution in [0.4, 0.5) is 0 Å². The minimum atomic E-state index is -0.169. The van der Waals surface area contributed by atoms with Crippen LogP contribution in [0.2, 0.25) is 0 Å².